The molecule has 2 nitrogen and oxygen atoms in total. The fraction of sp³-hybridized carbons (Fsp3) is 0.0556. The molecule has 2 aromatic carbocycles. The first kappa shape index (κ1) is 15.3. The van der Waals surface area contributed by atoms with Crippen molar-refractivity contribution in [2.45, 2.75) is 0 Å². The Morgan fingerprint density at radius 1 is 0.905 bits per heavy atom. The molecule has 2 aromatic rings. The molecule has 0 radical (unpaired) electrons. The van der Waals surface area contributed by atoms with Gasteiger partial charge in [-0.05, 0) is 34.5 Å². The molecule has 0 saturated carbocycles. The van der Waals surface area contributed by atoms with E-state index in [4.69, 9.17) is 0 Å². The standard InChI is InChI=1S/C18H16O2S/c19-18(12-11-16-7-3-1-4-8-16)15-21(20)14-13-17-9-5-2-6-10-17/h1-14H,15H2/b12-11+,14-13-. The van der Waals surface area contributed by atoms with Gasteiger partial charge in [0.05, 0.1) is 0 Å². The SMILES string of the molecule is O=C(/C=C/c1ccccc1)C[S+]([O-])/C=C\c1ccccc1. The first-order chi connectivity index (χ1) is 10.2. The van der Waals surface area contributed by atoms with Crippen molar-refractivity contribution >= 4 is 29.1 Å². The van der Waals surface area contributed by atoms with E-state index in [2.05, 4.69) is 0 Å². The van der Waals surface area contributed by atoms with E-state index in [1.54, 1.807) is 17.6 Å². The maximum Gasteiger partial charge on any atom is 0.205 e. The number of allylic oxidation sites excluding steroid dienone is 1. The lowest BCUT2D eigenvalue weighted by atomic mass is 10.2. The van der Waals surface area contributed by atoms with Gasteiger partial charge in [-0.1, -0.05) is 66.7 Å². The molecule has 0 aliphatic rings. The predicted octanol–water partition coefficient (Wildman–Crippen LogP) is 3.69. The fourth-order valence-electron chi connectivity index (χ4n) is 1.71. The van der Waals surface area contributed by atoms with Gasteiger partial charge in [-0.3, -0.25) is 4.79 Å². The maximum atomic E-state index is 11.8. The summed E-state index contributed by atoms with van der Waals surface area (Å²) in [6.07, 6.45) is 4.98. The normalized spacial score (nSPS) is 12.8. The third kappa shape index (κ3) is 5.81. The fourth-order valence-corrected chi connectivity index (χ4v) is 2.49. The van der Waals surface area contributed by atoms with E-state index in [0.717, 1.165) is 11.1 Å². The number of benzene rings is 2. The second-order valence-corrected chi connectivity index (χ2v) is 5.77. The van der Waals surface area contributed by atoms with Crippen LogP contribution in [0.2, 0.25) is 0 Å². The molecule has 3 heteroatoms. The van der Waals surface area contributed by atoms with Crippen LogP contribution in [0, 0.1) is 0 Å². The second-order valence-electron chi connectivity index (χ2n) is 4.45. The molecule has 0 aliphatic heterocycles. The summed E-state index contributed by atoms with van der Waals surface area (Å²) in [5, 5.41) is 1.56. The zero-order chi connectivity index (χ0) is 14.9. The molecule has 0 bridgehead atoms. The highest BCUT2D eigenvalue weighted by atomic mass is 32.2. The van der Waals surface area contributed by atoms with E-state index in [0.29, 0.717) is 0 Å². The molecule has 0 aromatic heterocycles. The van der Waals surface area contributed by atoms with E-state index < -0.39 is 11.2 Å². The Balaban J connectivity index is 1.85. The Morgan fingerprint density at radius 3 is 2.00 bits per heavy atom. The molecule has 0 fully saturated rings. The zero-order valence-electron chi connectivity index (χ0n) is 11.5. The molecular weight excluding hydrogens is 280 g/mol. The highest BCUT2D eigenvalue weighted by Gasteiger charge is 2.07. The van der Waals surface area contributed by atoms with Crippen LogP contribution in [0.15, 0.2) is 72.1 Å². The first-order valence-electron chi connectivity index (χ1n) is 6.60. The number of hydrogen-bond donors (Lipinski definition) is 0. The molecular formula is C18H16O2S. The molecule has 0 aliphatic carbocycles. The molecule has 1 atom stereocenters. The van der Waals surface area contributed by atoms with Gasteiger partial charge in [0.15, 0.2) is 5.75 Å². The number of rotatable bonds is 6. The van der Waals surface area contributed by atoms with Crippen molar-refractivity contribution in [3.05, 3.63) is 83.3 Å². The summed E-state index contributed by atoms with van der Waals surface area (Å²) in [5.74, 6) is -0.137. The van der Waals surface area contributed by atoms with Crippen LogP contribution >= 0.6 is 0 Å². The summed E-state index contributed by atoms with van der Waals surface area (Å²) in [5.41, 5.74) is 1.93. The van der Waals surface area contributed by atoms with Crippen LogP contribution in [-0.2, 0) is 16.0 Å². The van der Waals surface area contributed by atoms with Crippen molar-refractivity contribution in [1.82, 2.24) is 0 Å². The predicted molar refractivity (Wildman–Crippen MR) is 89.0 cm³/mol. The molecule has 0 spiro atoms. The third-order valence-corrected chi connectivity index (χ3v) is 3.77. The number of carbonyl (C=O) groups excluding carboxylic acids is 1. The van der Waals surface area contributed by atoms with Gasteiger partial charge in [0.1, 0.15) is 5.41 Å². The van der Waals surface area contributed by atoms with Crippen LogP contribution in [0.3, 0.4) is 0 Å². The van der Waals surface area contributed by atoms with Gasteiger partial charge in [0, 0.05) is 0 Å². The Bertz CT molecular complexity index is 618. The molecule has 0 saturated heterocycles. The first-order valence-corrected chi connectivity index (χ1v) is 7.98. The number of carbonyl (C=O) groups is 1. The maximum absolute atomic E-state index is 11.8. The van der Waals surface area contributed by atoms with Gasteiger partial charge in [-0.25, -0.2) is 0 Å². The minimum atomic E-state index is -1.29. The van der Waals surface area contributed by atoms with Gasteiger partial charge in [-0.15, -0.1) is 0 Å². The molecule has 106 valence electrons. The van der Waals surface area contributed by atoms with Crippen LogP contribution in [-0.4, -0.2) is 16.1 Å². The lowest BCUT2D eigenvalue weighted by molar-refractivity contribution is -0.112. The van der Waals surface area contributed by atoms with Gasteiger partial charge in [-0.2, -0.15) is 0 Å². The van der Waals surface area contributed by atoms with E-state index in [9.17, 15) is 9.35 Å². The Labute approximate surface area is 128 Å². The highest BCUT2D eigenvalue weighted by molar-refractivity contribution is 7.95. The highest BCUT2D eigenvalue weighted by Crippen LogP contribution is 2.05. The van der Waals surface area contributed by atoms with Gasteiger partial charge in [0.25, 0.3) is 0 Å². The topological polar surface area (TPSA) is 40.1 Å². The summed E-state index contributed by atoms with van der Waals surface area (Å²) in [7, 11) is 0. The lowest BCUT2D eigenvalue weighted by Crippen LogP contribution is -2.11. The average Bonchev–Trinajstić information content (AvgIpc) is 2.53. The quantitative estimate of drug-likeness (QED) is 0.602. The van der Waals surface area contributed by atoms with Crippen LogP contribution in [0.5, 0.6) is 0 Å². The monoisotopic (exact) mass is 296 g/mol. The summed E-state index contributed by atoms with van der Waals surface area (Å²) < 4.78 is 11.8. The summed E-state index contributed by atoms with van der Waals surface area (Å²) in [6, 6.07) is 19.2. The Kier molecular flexibility index (Phi) is 6.00. The van der Waals surface area contributed by atoms with Crippen LogP contribution in [0.25, 0.3) is 12.2 Å². The van der Waals surface area contributed by atoms with Crippen molar-refractivity contribution < 1.29 is 9.35 Å². The molecule has 1 unspecified atom stereocenters. The molecule has 0 N–H and O–H groups in total. The zero-order valence-corrected chi connectivity index (χ0v) is 12.3. The van der Waals surface area contributed by atoms with Crippen LogP contribution in [0.1, 0.15) is 11.1 Å². The van der Waals surface area contributed by atoms with E-state index in [1.807, 2.05) is 60.7 Å². The third-order valence-electron chi connectivity index (χ3n) is 2.76. The van der Waals surface area contributed by atoms with Crippen molar-refractivity contribution in [3.63, 3.8) is 0 Å². The average molecular weight is 296 g/mol. The van der Waals surface area contributed by atoms with Crippen molar-refractivity contribution in [2.75, 3.05) is 5.75 Å². The smallest absolute Gasteiger partial charge is 0.205 e. The van der Waals surface area contributed by atoms with Crippen molar-refractivity contribution in [3.8, 4) is 0 Å². The molecule has 21 heavy (non-hydrogen) atoms. The second kappa shape index (κ2) is 8.25. The molecule has 0 heterocycles. The number of hydrogen-bond acceptors (Lipinski definition) is 2. The molecule has 2 rings (SSSR count). The van der Waals surface area contributed by atoms with Gasteiger partial charge in [0.2, 0.25) is 5.78 Å². The largest absolute Gasteiger partial charge is 0.612 e. The molecule has 0 amide bonds. The summed E-state index contributed by atoms with van der Waals surface area (Å²) in [4.78, 5) is 11.7. The summed E-state index contributed by atoms with van der Waals surface area (Å²) >= 11 is -1.29. The van der Waals surface area contributed by atoms with Crippen molar-refractivity contribution in [2.24, 2.45) is 0 Å². The van der Waals surface area contributed by atoms with E-state index in [1.165, 1.54) is 6.08 Å². The number of ketones is 1. The van der Waals surface area contributed by atoms with Crippen LogP contribution < -0.4 is 0 Å². The van der Waals surface area contributed by atoms with Crippen LogP contribution in [0.4, 0.5) is 0 Å². The van der Waals surface area contributed by atoms with Gasteiger partial charge < -0.3 is 4.55 Å². The minimum Gasteiger partial charge on any atom is -0.612 e. The minimum absolute atomic E-state index is 0.00661. The van der Waals surface area contributed by atoms with E-state index >= 15 is 0 Å². The van der Waals surface area contributed by atoms with Gasteiger partial charge >= 0.3 is 0 Å². The van der Waals surface area contributed by atoms with Crippen molar-refractivity contribution in [1.29, 1.82) is 0 Å². The lowest BCUT2D eigenvalue weighted by Gasteiger charge is -2.02. The van der Waals surface area contributed by atoms with E-state index in [-0.39, 0.29) is 11.5 Å². The Morgan fingerprint density at radius 2 is 1.43 bits per heavy atom. The summed E-state index contributed by atoms with van der Waals surface area (Å²) in [6.45, 7) is 0. The Hall–Kier alpha value is -2.10.